The molecule has 0 saturated heterocycles. The van der Waals surface area contributed by atoms with Crippen LogP contribution in [-0.4, -0.2) is 24.6 Å². The molecule has 1 aromatic rings. The first-order chi connectivity index (χ1) is 8.00. The Labute approximate surface area is 102 Å². The van der Waals surface area contributed by atoms with Crippen molar-refractivity contribution in [1.82, 2.24) is 10.3 Å². The van der Waals surface area contributed by atoms with Crippen LogP contribution in [-0.2, 0) is 15.1 Å². The second kappa shape index (κ2) is 5.77. The highest BCUT2D eigenvalue weighted by molar-refractivity contribution is 5.81. The van der Waals surface area contributed by atoms with E-state index in [2.05, 4.69) is 24.1 Å². The highest BCUT2D eigenvalue weighted by Crippen LogP contribution is 2.20. The predicted molar refractivity (Wildman–Crippen MR) is 66.4 cm³/mol. The SMILES string of the molecule is COC(=O)C(C)(NCC(C)C)c1ccccn1. The average molecular weight is 236 g/mol. The minimum absolute atomic E-state index is 0.322. The van der Waals surface area contributed by atoms with Crippen molar-refractivity contribution in [3.8, 4) is 0 Å². The number of pyridine rings is 1. The molecule has 1 N–H and O–H groups in total. The molecular weight excluding hydrogens is 216 g/mol. The van der Waals surface area contributed by atoms with Crippen LogP contribution in [0.5, 0.6) is 0 Å². The number of ether oxygens (including phenoxy) is 1. The number of methoxy groups -OCH3 is 1. The first-order valence-electron chi connectivity index (χ1n) is 5.75. The van der Waals surface area contributed by atoms with E-state index in [0.717, 1.165) is 6.54 Å². The molecule has 4 heteroatoms. The van der Waals surface area contributed by atoms with Crippen molar-refractivity contribution in [2.75, 3.05) is 13.7 Å². The van der Waals surface area contributed by atoms with Gasteiger partial charge in [-0.05, 0) is 31.5 Å². The lowest BCUT2D eigenvalue weighted by Gasteiger charge is -2.28. The van der Waals surface area contributed by atoms with Crippen LogP contribution in [0.2, 0.25) is 0 Å². The van der Waals surface area contributed by atoms with Gasteiger partial charge in [0.1, 0.15) is 0 Å². The number of nitrogens with zero attached hydrogens (tertiary/aromatic N) is 1. The van der Waals surface area contributed by atoms with Crippen LogP contribution in [0.15, 0.2) is 24.4 Å². The molecule has 1 heterocycles. The standard InChI is InChI=1S/C13H20N2O2/c1-10(2)9-15-13(3,12(16)17-4)11-7-5-6-8-14-11/h5-8,10,15H,9H2,1-4H3. The van der Waals surface area contributed by atoms with Gasteiger partial charge in [-0.1, -0.05) is 19.9 Å². The van der Waals surface area contributed by atoms with Crippen molar-refractivity contribution in [1.29, 1.82) is 0 Å². The molecule has 0 aliphatic carbocycles. The number of nitrogens with one attached hydrogen (secondary N) is 1. The van der Waals surface area contributed by atoms with E-state index in [1.165, 1.54) is 7.11 Å². The third-order valence-electron chi connectivity index (χ3n) is 2.63. The van der Waals surface area contributed by atoms with Crippen LogP contribution in [0.3, 0.4) is 0 Å². The zero-order valence-corrected chi connectivity index (χ0v) is 10.9. The summed E-state index contributed by atoms with van der Waals surface area (Å²) >= 11 is 0. The first kappa shape index (κ1) is 13.6. The van der Waals surface area contributed by atoms with Crippen LogP contribution in [0.4, 0.5) is 0 Å². The highest BCUT2D eigenvalue weighted by atomic mass is 16.5. The van der Waals surface area contributed by atoms with Gasteiger partial charge in [0, 0.05) is 6.20 Å². The summed E-state index contributed by atoms with van der Waals surface area (Å²) < 4.78 is 4.86. The fourth-order valence-electron chi connectivity index (χ4n) is 1.54. The maximum absolute atomic E-state index is 11.9. The molecule has 1 aromatic heterocycles. The van der Waals surface area contributed by atoms with Gasteiger partial charge in [-0.15, -0.1) is 0 Å². The summed E-state index contributed by atoms with van der Waals surface area (Å²) in [5, 5.41) is 3.23. The van der Waals surface area contributed by atoms with Gasteiger partial charge in [0.05, 0.1) is 12.8 Å². The zero-order chi connectivity index (χ0) is 12.9. The van der Waals surface area contributed by atoms with Crippen LogP contribution in [0.25, 0.3) is 0 Å². The Morgan fingerprint density at radius 2 is 2.24 bits per heavy atom. The Morgan fingerprint density at radius 3 is 2.71 bits per heavy atom. The zero-order valence-electron chi connectivity index (χ0n) is 10.9. The topological polar surface area (TPSA) is 51.2 Å². The molecule has 0 aliphatic heterocycles. The van der Waals surface area contributed by atoms with Crippen molar-refractivity contribution >= 4 is 5.97 Å². The number of aromatic nitrogens is 1. The number of carbonyl (C=O) groups is 1. The molecule has 17 heavy (non-hydrogen) atoms. The predicted octanol–water partition coefficient (Wildman–Crippen LogP) is 1.72. The second-order valence-electron chi connectivity index (χ2n) is 4.61. The van der Waals surface area contributed by atoms with Crippen LogP contribution in [0.1, 0.15) is 26.5 Å². The van der Waals surface area contributed by atoms with Gasteiger partial charge in [-0.2, -0.15) is 0 Å². The largest absolute Gasteiger partial charge is 0.467 e. The molecule has 94 valence electrons. The molecule has 0 aromatic carbocycles. The van der Waals surface area contributed by atoms with Crippen molar-refractivity contribution < 1.29 is 9.53 Å². The normalized spacial score (nSPS) is 14.4. The first-order valence-corrected chi connectivity index (χ1v) is 5.75. The molecule has 0 fully saturated rings. The summed E-state index contributed by atoms with van der Waals surface area (Å²) in [5.74, 6) is 0.125. The fraction of sp³-hybridized carbons (Fsp3) is 0.538. The van der Waals surface area contributed by atoms with Crippen LogP contribution < -0.4 is 5.32 Å². The summed E-state index contributed by atoms with van der Waals surface area (Å²) in [7, 11) is 1.39. The Bertz CT molecular complexity index is 365. The Hall–Kier alpha value is -1.42. The van der Waals surface area contributed by atoms with Crippen molar-refractivity contribution in [2.45, 2.75) is 26.3 Å². The van der Waals surface area contributed by atoms with E-state index in [1.54, 1.807) is 13.1 Å². The molecule has 1 rings (SSSR count). The van der Waals surface area contributed by atoms with Gasteiger partial charge in [-0.25, -0.2) is 4.79 Å². The van der Waals surface area contributed by atoms with E-state index in [-0.39, 0.29) is 5.97 Å². The van der Waals surface area contributed by atoms with Gasteiger partial charge in [-0.3, -0.25) is 10.3 Å². The molecular formula is C13H20N2O2. The molecule has 0 spiro atoms. The van der Waals surface area contributed by atoms with Crippen molar-refractivity contribution in [3.05, 3.63) is 30.1 Å². The smallest absolute Gasteiger partial charge is 0.332 e. The lowest BCUT2D eigenvalue weighted by Crippen LogP contribution is -2.49. The van der Waals surface area contributed by atoms with Gasteiger partial charge in [0.25, 0.3) is 0 Å². The van der Waals surface area contributed by atoms with E-state index < -0.39 is 5.54 Å². The molecule has 1 unspecified atom stereocenters. The minimum Gasteiger partial charge on any atom is -0.467 e. The summed E-state index contributed by atoms with van der Waals surface area (Å²) in [6.45, 7) is 6.69. The molecule has 1 atom stereocenters. The van der Waals surface area contributed by atoms with Gasteiger partial charge in [0.15, 0.2) is 5.54 Å². The van der Waals surface area contributed by atoms with E-state index in [1.807, 2.05) is 18.2 Å². The number of hydrogen-bond acceptors (Lipinski definition) is 4. The monoisotopic (exact) mass is 236 g/mol. The summed E-state index contributed by atoms with van der Waals surface area (Å²) in [4.78, 5) is 16.2. The molecule has 0 saturated carbocycles. The Kier molecular flexibility index (Phi) is 4.63. The number of rotatable bonds is 5. The molecule has 0 amide bonds. The molecule has 0 radical (unpaired) electrons. The Balaban J connectivity index is 2.98. The maximum atomic E-state index is 11.9. The number of carbonyl (C=O) groups excluding carboxylic acids is 1. The quantitative estimate of drug-likeness (QED) is 0.791. The van der Waals surface area contributed by atoms with Gasteiger partial charge >= 0.3 is 5.97 Å². The second-order valence-corrected chi connectivity index (χ2v) is 4.61. The van der Waals surface area contributed by atoms with Crippen molar-refractivity contribution in [2.24, 2.45) is 5.92 Å². The van der Waals surface area contributed by atoms with Crippen LogP contribution in [0, 0.1) is 5.92 Å². The minimum atomic E-state index is -0.889. The number of esters is 1. The van der Waals surface area contributed by atoms with E-state index >= 15 is 0 Å². The van der Waals surface area contributed by atoms with E-state index in [0.29, 0.717) is 11.6 Å². The lowest BCUT2D eigenvalue weighted by atomic mass is 9.96. The third-order valence-corrected chi connectivity index (χ3v) is 2.63. The average Bonchev–Trinajstić information content (AvgIpc) is 2.36. The van der Waals surface area contributed by atoms with E-state index in [9.17, 15) is 4.79 Å². The lowest BCUT2D eigenvalue weighted by molar-refractivity contribution is -0.148. The molecule has 0 bridgehead atoms. The summed E-state index contributed by atoms with van der Waals surface area (Å²) in [6.07, 6.45) is 1.67. The van der Waals surface area contributed by atoms with Gasteiger partial charge < -0.3 is 4.74 Å². The van der Waals surface area contributed by atoms with Gasteiger partial charge in [0.2, 0.25) is 0 Å². The number of hydrogen-bond donors (Lipinski definition) is 1. The Morgan fingerprint density at radius 1 is 1.53 bits per heavy atom. The third kappa shape index (κ3) is 3.27. The van der Waals surface area contributed by atoms with Crippen LogP contribution >= 0.6 is 0 Å². The van der Waals surface area contributed by atoms with Crippen molar-refractivity contribution in [3.63, 3.8) is 0 Å². The maximum Gasteiger partial charge on any atom is 0.332 e. The summed E-state index contributed by atoms with van der Waals surface area (Å²) in [5.41, 5.74) is -0.215. The highest BCUT2D eigenvalue weighted by Gasteiger charge is 2.37. The fourth-order valence-corrected chi connectivity index (χ4v) is 1.54. The van der Waals surface area contributed by atoms with E-state index in [4.69, 9.17) is 4.74 Å². The molecule has 4 nitrogen and oxygen atoms in total. The summed E-state index contributed by atoms with van der Waals surface area (Å²) in [6, 6.07) is 5.51. The molecule has 0 aliphatic rings.